The average molecular weight is 265 g/mol. The van der Waals surface area contributed by atoms with Crippen molar-refractivity contribution in [2.45, 2.75) is 51.7 Å². The molecule has 1 fully saturated rings. The summed E-state index contributed by atoms with van der Waals surface area (Å²) in [6.07, 6.45) is 6.12. The number of hydrogen-bond donors (Lipinski definition) is 1. The van der Waals surface area contributed by atoms with E-state index >= 15 is 0 Å². The molecule has 5 nitrogen and oxygen atoms in total. The van der Waals surface area contributed by atoms with Gasteiger partial charge >= 0.3 is 0 Å². The first kappa shape index (κ1) is 14.1. The molecular formula is C14H23N3O2. The van der Waals surface area contributed by atoms with Crippen molar-refractivity contribution in [3.8, 4) is 5.88 Å². The largest absolute Gasteiger partial charge is 0.474 e. The number of hydrogen-bond acceptors (Lipinski definition) is 5. The Morgan fingerprint density at radius 3 is 2.79 bits per heavy atom. The minimum Gasteiger partial charge on any atom is -0.474 e. The lowest BCUT2D eigenvalue weighted by Crippen LogP contribution is -2.14. The summed E-state index contributed by atoms with van der Waals surface area (Å²) >= 11 is 0. The summed E-state index contributed by atoms with van der Waals surface area (Å²) in [5.41, 5.74) is 0. The molecule has 5 heteroatoms. The van der Waals surface area contributed by atoms with Crippen molar-refractivity contribution in [1.29, 1.82) is 0 Å². The first-order chi connectivity index (χ1) is 9.31. The molecule has 0 radical (unpaired) electrons. The molecule has 0 atom stereocenters. The van der Waals surface area contributed by atoms with E-state index in [1.807, 2.05) is 6.07 Å². The number of rotatable bonds is 7. The highest BCUT2D eigenvalue weighted by atomic mass is 16.5. The van der Waals surface area contributed by atoms with Gasteiger partial charge in [-0.05, 0) is 32.1 Å². The monoisotopic (exact) mass is 265 g/mol. The summed E-state index contributed by atoms with van der Waals surface area (Å²) in [6, 6.07) is 1.88. The highest BCUT2D eigenvalue weighted by Gasteiger charge is 2.18. The highest BCUT2D eigenvalue weighted by Crippen LogP contribution is 2.24. The van der Waals surface area contributed by atoms with E-state index in [2.05, 4.69) is 22.2 Å². The Kier molecular flexibility index (Phi) is 5.39. The summed E-state index contributed by atoms with van der Waals surface area (Å²) in [4.78, 5) is 8.80. The molecule has 1 aromatic rings. The van der Waals surface area contributed by atoms with Crippen LogP contribution in [0.25, 0.3) is 0 Å². The van der Waals surface area contributed by atoms with Crippen LogP contribution in [0.5, 0.6) is 5.88 Å². The van der Waals surface area contributed by atoms with E-state index in [9.17, 15) is 0 Å². The molecular weight excluding hydrogens is 242 g/mol. The third kappa shape index (κ3) is 4.35. The van der Waals surface area contributed by atoms with Gasteiger partial charge in [-0.15, -0.1) is 0 Å². The van der Waals surface area contributed by atoms with E-state index in [0.29, 0.717) is 24.4 Å². The Balaban J connectivity index is 2.07. The van der Waals surface area contributed by atoms with Gasteiger partial charge in [0, 0.05) is 19.7 Å². The van der Waals surface area contributed by atoms with Crippen molar-refractivity contribution in [3.63, 3.8) is 0 Å². The number of ether oxygens (including phenoxy) is 2. The quantitative estimate of drug-likeness (QED) is 0.821. The lowest BCUT2D eigenvalue weighted by molar-refractivity contribution is 0.171. The van der Waals surface area contributed by atoms with E-state index in [0.717, 1.165) is 31.6 Å². The number of nitrogens with one attached hydrogen (secondary N) is 1. The molecule has 1 aliphatic carbocycles. The zero-order chi connectivity index (χ0) is 13.5. The highest BCUT2D eigenvalue weighted by molar-refractivity contribution is 5.38. The fourth-order valence-electron chi connectivity index (χ4n) is 2.25. The van der Waals surface area contributed by atoms with Crippen molar-refractivity contribution < 1.29 is 9.47 Å². The van der Waals surface area contributed by atoms with Crippen LogP contribution in [0.15, 0.2) is 6.07 Å². The minimum atomic E-state index is 0.310. The van der Waals surface area contributed by atoms with Crippen molar-refractivity contribution in [2.75, 3.05) is 19.0 Å². The third-order valence-electron chi connectivity index (χ3n) is 3.17. The van der Waals surface area contributed by atoms with Gasteiger partial charge < -0.3 is 14.8 Å². The molecule has 0 aliphatic heterocycles. The smallest absolute Gasteiger partial charge is 0.219 e. The van der Waals surface area contributed by atoms with Crippen LogP contribution < -0.4 is 10.1 Å². The molecule has 0 spiro atoms. The van der Waals surface area contributed by atoms with Crippen LogP contribution >= 0.6 is 0 Å². The van der Waals surface area contributed by atoms with Gasteiger partial charge in [0.1, 0.15) is 18.5 Å². The summed E-state index contributed by atoms with van der Waals surface area (Å²) in [7, 11) is 1.65. The normalized spacial score (nSPS) is 15.7. The van der Waals surface area contributed by atoms with E-state index in [-0.39, 0.29) is 0 Å². The van der Waals surface area contributed by atoms with Gasteiger partial charge in [0.25, 0.3) is 0 Å². The molecule has 1 saturated carbocycles. The van der Waals surface area contributed by atoms with E-state index in [1.165, 1.54) is 12.8 Å². The maximum atomic E-state index is 5.94. The van der Waals surface area contributed by atoms with E-state index in [1.54, 1.807) is 7.11 Å². The van der Waals surface area contributed by atoms with Crippen LogP contribution in [0.1, 0.15) is 44.9 Å². The minimum absolute atomic E-state index is 0.310. The van der Waals surface area contributed by atoms with Crippen LogP contribution in [0, 0.1) is 0 Å². The molecule has 106 valence electrons. The molecule has 0 bridgehead atoms. The molecule has 0 aromatic carbocycles. The SMILES string of the molecule is CCCNc1cc(OC2CCCC2)nc(COC)n1. The van der Waals surface area contributed by atoms with Crippen molar-refractivity contribution in [3.05, 3.63) is 11.9 Å². The van der Waals surface area contributed by atoms with Crippen LogP contribution in [-0.4, -0.2) is 29.7 Å². The summed E-state index contributed by atoms with van der Waals surface area (Å²) < 4.78 is 11.0. The van der Waals surface area contributed by atoms with Crippen LogP contribution in [0.3, 0.4) is 0 Å². The van der Waals surface area contributed by atoms with E-state index in [4.69, 9.17) is 9.47 Å². The Morgan fingerprint density at radius 1 is 1.32 bits per heavy atom. The third-order valence-corrected chi connectivity index (χ3v) is 3.17. The van der Waals surface area contributed by atoms with Gasteiger partial charge in [-0.3, -0.25) is 0 Å². The lowest BCUT2D eigenvalue weighted by Gasteiger charge is -2.14. The summed E-state index contributed by atoms with van der Waals surface area (Å²) in [5, 5.41) is 3.27. The second-order valence-corrected chi connectivity index (χ2v) is 4.89. The Bertz CT molecular complexity index is 392. The topological polar surface area (TPSA) is 56.3 Å². The van der Waals surface area contributed by atoms with Gasteiger partial charge in [0.2, 0.25) is 5.88 Å². The predicted molar refractivity (Wildman–Crippen MR) is 74.4 cm³/mol. The maximum Gasteiger partial charge on any atom is 0.219 e. The fourth-order valence-corrected chi connectivity index (χ4v) is 2.25. The number of anilines is 1. The van der Waals surface area contributed by atoms with Gasteiger partial charge in [0.05, 0.1) is 0 Å². The second kappa shape index (κ2) is 7.28. The van der Waals surface area contributed by atoms with Gasteiger partial charge in [-0.25, -0.2) is 4.98 Å². The molecule has 0 amide bonds. The zero-order valence-electron chi connectivity index (χ0n) is 11.8. The summed E-state index contributed by atoms with van der Waals surface area (Å²) in [6.45, 7) is 3.43. The fraction of sp³-hybridized carbons (Fsp3) is 0.714. The van der Waals surface area contributed by atoms with Crippen LogP contribution in [0.2, 0.25) is 0 Å². The molecule has 2 rings (SSSR count). The lowest BCUT2D eigenvalue weighted by atomic mass is 10.3. The Morgan fingerprint density at radius 2 is 2.11 bits per heavy atom. The first-order valence-electron chi connectivity index (χ1n) is 7.09. The first-order valence-corrected chi connectivity index (χ1v) is 7.09. The molecule has 1 N–H and O–H groups in total. The Labute approximate surface area is 114 Å². The Hall–Kier alpha value is -1.36. The van der Waals surface area contributed by atoms with Crippen LogP contribution in [0.4, 0.5) is 5.82 Å². The van der Waals surface area contributed by atoms with Crippen molar-refractivity contribution in [1.82, 2.24) is 9.97 Å². The predicted octanol–water partition coefficient (Wildman–Crippen LogP) is 2.77. The second-order valence-electron chi connectivity index (χ2n) is 4.89. The van der Waals surface area contributed by atoms with Crippen molar-refractivity contribution >= 4 is 5.82 Å². The number of aromatic nitrogens is 2. The maximum absolute atomic E-state index is 5.94. The molecule has 0 saturated heterocycles. The zero-order valence-corrected chi connectivity index (χ0v) is 11.8. The number of methoxy groups -OCH3 is 1. The summed E-state index contributed by atoms with van der Waals surface area (Å²) in [5.74, 6) is 2.14. The van der Waals surface area contributed by atoms with Gasteiger partial charge in [0.15, 0.2) is 5.82 Å². The van der Waals surface area contributed by atoms with Gasteiger partial charge in [-0.1, -0.05) is 6.92 Å². The molecule has 0 unspecified atom stereocenters. The average Bonchev–Trinajstić information content (AvgIpc) is 2.89. The molecule has 1 heterocycles. The molecule has 1 aromatic heterocycles. The standard InChI is InChI=1S/C14H23N3O2/c1-3-8-15-12-9-14(17-13(16-12)10-18-2)19-11-6-4-5-7-11/h9,11H,3-8,10H2,1-2H3,(H,15,16,17). The van der Waals surface area contributed by atoms with Gasteiger partial charge in [-0.2, -0.15) is 4.98 Å². The molecule has 19 heavy (non-hydrogen) atoms. The van der Waals surface area contributed by atoms with Crippen molar-refractivity contribution in [2.24, 2.45) is 0 Å². The number of nitrogens with zero attached hydrogens (tertiary/aromatic N) is 2. The van der Waals surface area contributed by atoms with E-state index < -0.39 is 0 Å². The molecule has 1 aliphatic rings. The van der Waals surface area contributed by atoms with Crippen LogP contribution in [-0.2, 0) is 11.3 Å².